The number of carbonyl (C=O) groups excluding carboxylic acids is 1. The van der Waals surface area contributed by atoms with Crippen molar-refractivity contribution in [2.75, 3.05) is 20.2 Å². The molecule has 3 N–H and O–H groups in total. The molecule has 0 bridgehead atoms. The van der Waals surface area contributed by atoms with E-state index in [4.69, 9.17) is 33.3 Å². The standard InChI is InChI=1S/C13H13Cl2N3O3/c1-17-12-10(6-16)21-3-2-18(12)13(20)7-4-8(14)11(19)9(15)5-7/h4-6,16-17,19H,2-3H2,1H3. The lowest BCUT2D eigenvalue weighted by Crippen LogP contribution is -2.42. The summed E-state index contributed by atoms with van der Waals surface area (Å²) in [5, 5.41) is 19.7. The number of ether oxygens (including phenoxy) is 1. The molecule has 0 saturated heterocycles. The monoisotopic (exact) mass is 329 g/mol. The van der Waals surface area contributed by atoms with E-state index in [9.17, 15) is 9.90 Å². The Morgan fingerprint density at radius 2 is 2.10 bits per heavy atom. The summed E-state index contributed by atoms with van der Waals surface area (Å²) in [6.07, 6.45) is 1.03. The van der Waals surface area contributed by atoms with Gasteiger partial charge < -0.3 is 20.6 Å². The molecule has 8 heteroatoms. The Hall–Kier alpha value is -1.92. The molecule has 1 aromatic carbocycles. The molecule has 0 aliphatic carbocycles. The fourth-order valence-electron chi connectivity index (χ4n) is 1.98. The van der Waals surface area contributed by atoms with Gasteiger partial charge in [-0.1, -0.05) is 23.2 Å². The number of carbonyl (C=O) groups is 1. The molecule has 112 valence electrons. The predicted octanol–water partition coefficient (Wildman–Crippen LogP) is 2.21. The first-order valence-electron chi connectivity index (χ1n) is 6.04. The molecule has 0 radical (unpaired) electrons. The lowest BCUT2D eigenvalue weighted by atomic mass is 10.1. The van der Waals surface area contributed by atoms with Crippen molar-refractivity contribution in [1.82, 2.24) is 10.2 Å². The molecule has 0 unspecified atom stereocenters. The number of amides is 1. The molecular formula is C13H13Cl2N3O3. The highest BCUT2D eigenvalue weighted by atomic mass is 35.5. The molecule has 1 aliphatic heterocycles. The first-order valence-corrected chi connectivity index (χ1v) is 6.80. The molecule has 1 heterocycles. The molecule has 0 fully saturated rings. The van der Waals surface area contributed by atoms with E-state index in [2.05, 4.69) is 5.32 Å². The van der Waals surface area contributed by atoms with Gasteiger partial charge in [0.2, 0.25) is 0 Å². The molecule has 1 aliphatic rings. The fraction of sp³-hybridized carbons (Fsp3) is 0.231. The second kappa shape index (κ2) is 6.24. The number of aromatic hydroxyl groups is 1. The lowest BCUT2D eigenvalue weighted by Gasteiger charge is -2.30. The van der Waals surface area contributed by atoms with Gasteiger partial charge in [0.05, 0.1) is 22.8 Å². The minimum Gasteiger partial charge on any atom is -0.505 e. The summed E-state index contributed by atoms with van der Waals surface area (Å²) in [5.41, 5.74) is 0.238. The van der Waals surface area contributed by atoms with Crippen LogP contribution in [0.4, 0.5) is 0 Å². The molecule has 6 nitrogen and oxygen atoms in total. The van der Waals surface area contributed by atoms with Crippen molar-refractivity contribution < 1.29 is 14.6 Å². The summed E-state index contributed by atoms with van der Waals surface area (Å²) in [6.45, 7) is 0.601. The zero-order valence-electron chi connectivity index (χ0n) is 11.1. The van der Waals surface area contributed by atoms with Crippen molar-refractivity contribution in [2.24, 2.45) is 0 Å². The second-order valence-electron chi connectivity index (χ2n) is 4.20. The second-order valence-corrected chi connectivity index (χ2v) is 5.02. The predicted molar refractivity (Wildman–Crippen MR) is 80.0 cm³/mol. The van der Waals surface area contributed by atoms with Crippen LogP contribution in [0.1, 0.15) is 10.4 Å². The van der Waals surface area contributed by atoms with Gasteiger partial charge in [0.15, 0.2) is 17.3 Å². The van der Waals surface area contributed by atoms with Crippen LogP contribution in [0.15, 0.2) is 23.7 Å². The Labute approximate surface area is 131 Å². The van der Waals surface area contributed by atoms with Crippen LogP contribution < -0.4 is 5.32 Å². The highest BCUT2D eigenvalue weighted by Crippen LogP contribution is 2.33. The van der Waals surface area contributed by atoms with E-state index in [0.717, 1.165) is 6.21 Å². The number of phenolic OH excluding ortho intramolecular Hbond substituents is 1. The summed E-state index contributed by atoms with van der Waals surface area (Å²) in [6, 6.07) is 2.69. The minimum absolute atomic E-state index is 0.00127. The van der Waals surface area contributed by atoms with E-state index >= 15 is 0 Å². The SMILES string of the molecule is CNC1=C(C=N)OCCN1C(=O)c1cc(Cl)c(O)c(Cl)c1. The maximum atomic E-state index is 12.6. The molecular weight excluding hydrogens is 317 g/mol. The Bertz CT molecular complexity index is 608. The first-order chi connectivity index (χ1) is 9.99. The van der Waals surface area contributed by atoms with Gasteiger partial charge >= 0.3 is 0 Å². The number of phenols is 1. The summed E-state index contributed by atoms with van der Waals surface area (Å²) in [4.78, 5) is 14.0. The average Bonchev–Trinajstić information content (AvgIpc) is 2.50. The molecule has 1 aromatic rings. The number of hydrogen-bond donors (Lipinski definition) is 3. The molecule has 0 atom stereocenters. The molecule has 1 amide bonds. The van der Waals surface area contributed by atoms with Crippen molar-refractivity contribution in [2.45, 2.75) is 0 Å². The molecule has 0 aromatic heterocycles. The fourth-order valence-corrected chi connectivity index (χ4v) is 2.46. The summed E-state index contributed by atoms with van der Waals surface area (Å²) in [5.74, 6) is 0.0434. The van der Waals surface area contributed by atoms with Crippen molar-refractivity contribution in [3.05, 3.63) is 39.3 Å². The van der Waals surface area contributed by atoms with Gasteiger partial charge in [-0.2, -0.15) is 0 Å². The van der Waals surface area contributed by atoms with Crippen molar-refractivity contribution in [3.8, 4) is 5.75 Å². The Kier molecular flexibility index (Phi) is 4.59. The van der Waals surface area contributed by atoms with Crippen LogP contribution in [0.2, 0.25) is 10.0 Å². The largest absolute Gasteiger partial charge is 0.505 e. The van der Waals surface area contributed by atoms with Gasteiger partial charge in [0.25, 0.3) is 5.91 Å². The van der Waals surface area contributed by atoms with Gasteiger partial charge in [-0.15, -0.1) is 0 Å². The van der Waals surface area contributed by atoms with E-state index < -0.39 is 0 Å². The highest BCUT2D eigenvalue weighted by molar-refractivity contribution is 6.37. The topological polar surface area (TPSA) is 85.7 Å². The van der Waals surface area contributed by atoms with Crippen molar-refractivity contribution in [3.63, 3.8) is 0 Å². The number of nitrogens with one attached hydrogen (secondary N) is 2. The van der Waals surface area contributed by atoms with E-state index in [1.54, 1.807) is 7.05 Å². The van der Waals surface area contributed by atoms with Gasteiger partial charge in [-0.05, 0) is 12.1 Å². The summed E-state index contributed by atoms with van der Waals surface area (Å²) < 4.78 is 5.30. The normalized spacial score (nSPS) is 14.7. The van der Waals surface area contributed by atoms with Crippen LogP contribution in [0, 0.1) is 5.41 Å². The number of allylic oxidation sites excluding steroid dienone is 1. The zero-order chi connectivity index (χ0) is 15.6. The molecule has 0 saturated carbocycles. The quantitative estimate of drug-likeness (QED) is 0.742. The van der Waals surface area contributed by atoms with Gasteiger partial charge in [-0.25, -0.2) is 0 Å². The molecule has 2 rings (SSSR count). The molecule has 21 heavy (non-hydrogen) atoms. The van der Waals surface area contributed by atoms with Crippen molar-refractivity contribution in [1.29, 1.82) is 5.41 Å². The number of rotatable bonds is 3. The third kappa shape index (κ3) is 2.91. The number of hydrogen-bond acceptors (Lipinski definition) is 5. The maximum Gasteiger partial charge on any atom is 0.259 e. The van der Waals surface area contributed by atoms with E-state index in [0.29, 0.717) is 12.4 Å². The lowest BCUT2D eigenvalue weighted by molar-refractivity contribution is 0.0684. The first kappa shape index (κ1) is 15.5. The van der Waals surface area contributed by atoms with Crippen LogP contribution in [0.3, 0.4) is 0 Å². The third-order valence-electron chi connectivity index (χ3n) is 2.95. The van der Waals surface area contributed by atoms with Crippen molar-refractivity contribution >= 4 is 35.3 Å². The minimum atomic E-state index is -0.356. The zero-order valence-corrected chi connectivity index (χ0v) is 12.6. The summed E-state index contributed by atoms with van der Waals surface area (Å²) in [7, 11) is 1.63. The highest BCUT2D eigenvalue weighted by Gasteiger charge is 2.27. The Morgan fingerprint density at radius 3 is 2.62 bits per heavy atom. The van der Waals surface area contributed by atoms with E-state index in [-0.39, 0.29) is 39.6 Å². The number of nitrogens with zero attached hydrogens (tertiary/aromatic N) is 1. The van der Waals surface area contributed by atoms with E-state index in [1.165, 1.54) is 17.0 Å². The average molecular weight is 330 g/mol. The van der Waals surface area contributed by atoms with Crippen LogP contribution in [0.25, 0.3) is 0 Å². The number of halogens is 2. The van der Waals surface area contributed by atoms with Gasteiger partial charge in [0.1, 0.15) is 6.61 Å². The van der Waals surface area contributed by atoms with Crippen LogP contribution in [-0.2, 0) is 4.74 Å². The van der Waals surface area contributed by atoms with Gasteiger partial charge in [-0.3, -0.25) is 9.69 Å². The molecule has 0 spiro atoms. The van der Waals surface area contributed by atoms with Crippen LogP contribution in [0.5, 0.6) is 5.75 Å². The third-order valence-corrected chi connectivity index (χ3v) is 3.53. The number of benzene rings is 1. The van der Waals surface area contributed by atoms with Crippen LogP contribution >= 0.6 is 23.2 Å². The van der Waals surface area contributed by atoms with E-state index in [1.807, 2.05) is 0 Å². The maximum absolute atomic E-state index is 12.6. The Morgan fingerprint density at radius 1 is 1.48 bits per heavy atom. The Balaban J connectivity index is 2.42. The smallest absolute Gasteiger partial charge is 0.259 e. The van der Waals surface area contributed by atoms with Gasteiger partial charge in [0, 0.05) is 12.6 Å². The van der Waals surface area contributed by atoms with Crippen LogP contribution in [-0.4, -0.2) is 42.3 Å². The summed E-state index contributed by atoms with van der Waals surface area (Å²) >= 11 is 11.7.